The van der Waals surface area contributed by atoms with Gasteiger partial charge in [-0.1, -0.05) is 72.8 Å². The van der Waals surface area contributed by atoms with Crippen LogP contribution in [0.5, 0.6) is 0 Å². The molecule has 0 bridgehead atoms. The molecule has 0 aliphatic carbocycles. The van der Waals surface area contributed by atoms with Gasteiger partial charge in [-0.25, -0.2) is 0 Å². The number of aliphatic carboxylic acids is 1. The van der Waals surface area contributed by atoms with Crippen LogP contribution >= 0.6 is 11.8 Å². The fourth-order valence-electron chi connectivity index (χ4n) is 5.00. The first kappa shape index (κ1) is 33.7. The van der Waals surface area contributed by atoms with Crippen molar-refractivity contribution in [3.63, 3.8) is 0 Å². The Kier molecular flexibility index (Phi) is 12.7. The van der Waals surface area contributed by atoms with Crippen molar-refractivity contribution >= 4 is 35.1 Å². The average molecular weight is 587 g/mol. The third-order valence-corrected chi connectivity index (χ3v) is 7.82. The molecule has 0 aliphatic heterocycles. The number of aryl methyl sites for hydroxylation is 1. The van der Waals surface area contributed by atoms with Crippen LogP contribution in [0.2, 0.25) is 0 Å². The first-order valence-electron chi connectivity index (χ1n) is 13.9. The molecular formula is C35H35LiN2O4S. The Balaban J connectivity index is 0.00000506. The van der Waals surface area contributed by atoms with E-state index in [1.807, 2.05) is 92.0 Å². The summed E-state index contributed by atoms with van der Waals surface area (Å²) in [6.07, 6.45) is 2.16. The minimum absolute atomic E-state index is 0. The second kappa shape index (κ2) is 16.2. The topological polar surface area (TPSA) is 89.5 Å². The summed E-state index contributed by atoms with van der Waals surface area (Å²) < 4.78 is 0. The van der Waals surface area contributed by atoms with Crippen molar-refractivity contribution in [3.05, 3.63) is 125 Å². The van der Waals surface area contributed by atoms with Crippen molar-refractivity contribution in [2.75, 3.05) is 16.9 Å². The second-order valence-corrected chi connectivity index (χ2v) is 11.2. The van der Waals surface area contributed by atoms with E-state index in [1.54, 1.807) is 13.0 Å². The summed E-state index contributed by atoms with van der Waals surface area (Å²) in [4.78, 5) is 40.0. The number of carbonyl (C=O) groups excluding carboxylic acids is 3. The van der Waals surface area contributed by atoms with Gasteiger partial charge in [0.15, 0.2) is 5.78 Å². The van der Waals surface area contributed by atoms with Crippen LogP contribution in [0.15, 0.2) is 97.1 Å². The van der Waals surface area contributed by atoms with Gasteiger partial charge in [-0.3, -0.25) is 9.59 Å². The van der Waals surface area contributed by atoms with E-state index in [2.05, 4.69) is 22.3 Å². The molecule has 4 aromatic carbocycles. The standard InChI is InChI=1S/C35H36N2O4S.Li/c1-24-11-7-8-14-28(24)31-21-27(17-18-30(31)34(39)36-32(35(40)41)19-20-42-3)23-37(22-26-12-5-4-6-13-26)33-16-10-9-15-29(33)25(2)38;/h4-18,21,32H,19-20,22-23H2,1-3H3,(H,36,39)(H,40,41);/q;+1/p-1. The van der Waals surface area contributed by atoms with Crippen LogP contribution in [0.3, 0.4) is 0 Å². The Morgan fingerprint density at radius 1 is 0.814 bits per heavy atom. The van der Waals surface area contributed by atoms with E-state index in [9.17, 15) is 19.5 Å². The number of hydrogen-bond donors (Lipinski definition) is 1. The number of carbonyl (C=O) groups is 3. The Hall–Kier alpha value is -3.76. The van der Waals surface area contributed by atoms with Crippen molar-refractivity contribution in [2.24, 2.45) is 0 Å². The molecule has 1 amide bonds. The molecule has 0 spiro atoms. The van der Waals surface area contributed by atoms with Crippen molar-refractivity contribution in [2.45, 2.75) is 39.4 Å². The minimum atomic E-state index is -1.30. The fourth-order valence-corrected chi connectivity index (χ4v) is 5.48. The largest absolute Gasteiger partial charge is 1.00 e. The second-order valence-electron chi connectivity index (χ2n) is 10.2. The monoisotopic (exact) mass is 586 g/mol. The predicted octanol–water partition coefficient (Wildman–Crippen LogP) is 2.68. The molecule has 0 fully saturated rings. The number of nitrogens with zero attached hydrogens (tertiary/aromatic N) is 1. The Bertz CT molecular complexity index is 1560. The maximum Gasteiger partial charge on any atom is 1.00 e. The van der Waals surface area contributed by atoms with Crippen molar-refractivity contribution < 1.29 is 38.4 Å². The third-order valence-electron chi connectivity index (χ3n) is 7.18. The minimum Gasteiger partial charge on any atom is -0.548 e. The van der Waals surface area contributed by atoms with Crippen LogP contribution in [0.4, 0.5) is 5.69 Å². The number of carboxylic acid groups (broad SMARTS) is 1. The van der Waals surface area contributed by atoms with Gasteiger partial charge in [-0.2, -0.15) is 11.8 Å². The molecule has 0 heterocycles. The SMILES string of the molecule is CSCCC(NC(=O)c1ccc(CN(Cc2ccccc2)c2ccccc2C(C)=O)cc1-c1ccccc1C)C(=O)[O-].[Li+]. The first-order chi connectivity index (χ1) is 20.3. The average Bonchev–Trinajstić information content (AvgIpc) is 2.99. The van der Waals surface area contributed by atoms with E-state index in [-0.39, 0.29) is 31.1 Å². The summed E-state index contributed by atoms with van der Waals surface area (Å²) >= 11 is 1.51. The first-order valence-corrected chi connectivity index (χ1v) is 15.3. The van der Waals surface area contributed by atoms with Crippen LogP contribution < -0.4 is 34.2 Å². The molecule has 6 nitrogen and oxygen atoms in total. The van der Waals surface area contributed by atoms with E-state index in [0.717, 1.165) is 27.9 Å². The van der Waals surface area contributed by atoms with E-state index < -0.39 is 17.9 Å². The van der Waals surface area contributed by atoms with Gasteiger partial charge >= 0.3 is 18.9 Å². The van der Waals surface area contributed by atoms with Gasteiger partial charge in [0.2, 0.25) is 0 Å². The summed E-state index contributed by atoms with van der Waals surface area (Å²) in [5, 5.41) is 14.4. The van der Waals surface area contributed by atoms with E-state index >= 15 is 0 Å². The fraction of sp³-hybridized carbons (Fsp3) is 0.229. The Morgan fingerprint density at radius 3 is 2.14 bits per heavy atom. The molecule has 43 heavy (non-hydrogen) atoms. The third kappa shape index (κ3) is 8.87. The molecule has 4 rings (SSSR count). The van der Waals surface area contributed by atoms with Crippen LogP contribution in [0, 0.1) is 6.92 Å². The number of carboxylic acids is 1. The number of amides is 1. The zero-order valence-corrected chi connectivity index (χ0v) is 25.9. The number of anilines is 1. The molecule has 4 aromatic rings. The Labute approximate surface area is 270 Å². The van der Waals surface area contributed by atoms with E-state index in [0.29, 0.717) is 35.5 Å². The molecule has 8 heteroatoms. The number of benzene rings is 4. The number of rotatable bonds is 13. The van der Waals surface area contributed by atoms with Crippen LogP contribution in [0.1, 0.15) is 50.8 Å². The molecule has 0 aliphatic rings. The van der Waals surface area contributed by atoms with E-state index in [1.165, 1.54) is 11.8 Å². The number of thioether (sulfide) groups is 1. The summed E-state index contributed by atoms with van der Waals surface area (Å²) in [5.74, 6) is -1.19. The van der Waals surface area contributed by atoms with E-state index in [4.69, 9.17) is 0 Å². The molecule has 216 valence electrons. The predicted molar refractivity (Wildman–Crippen MR) is 169 cm³/mol. The van der Waals surface area contributed by atoms with Crippen molar-refractivity contribution in [1.29, 1.82) is 0 Å². The van der Waals surface area contributed by atoms with Gasteiger partial charge < -0.3 is 20.1 Å². The van der Waals surface area contributed by atoms with Gasteiger partial charge in [0, 0.05) is 29.9 Å². The molecule has 1 N–H and O–H groups in total. The quantitative estimate of drug-likeness (QED) is 0.192. The normalized spacial score (nSPS) is 11.2. The molecule has 0 aromatic heterocycles. The number of Topliss-reactive ketones (excluding diaryl/α,β-unsaturated/α-hetero) is 1. The van der Waals surface area contributed by atoms with Gasteiger partial charge in [0.25, 0.3) is 5.91 Å². The van der Waals surface area contributed by atoms with Crippen LogP contribution in [0.25, 0.3) is 11.1 Å². The maximum absolute atomic E-state index is 13.5. The number of para-hydroxylation sites is 1. The van der Waals surface area contributed by atoms with Gasteiger partial charge in [0.1, 0.15) is 0 Å². The van der Waals surface area contributed by atoms with Crippen LogP contribution in [-0.2, 0) is 17.9 Å². The summed E-state index contributed by atoms with van der Waals surface area (Å²) in [7, 11) is 0. The molecular weight excluding hydrogens is 551 g/mol. The van der Waals surface area contributed by atoms with Crippen LogP contribution in [-0.4, -0.2) is 35.7 Å². The molecule has 1 atom stereocenters. The van der Waals surface area contributed by atoms with Crippen molar-refractivity contribution in [1.82, 2.24) is 5.32 Å². The Morgan fingerprint density at radius 2 is 1.47 bits per heavy atom. The molecule has 0 saturated carbocycles. The van der Waals surface area contributed by atoms with Crippen molar-refractivity contribution in [3.8, 4) is 11.1 Å². The summed E-state index contributed by atoms with van der Waals surface area (Å²) in [5.41, 5.74) is 6.50. The van der Waals surface area contributed by atoms with Gasteiger partial charge in [-0.15, -0.1) is 0 Å². The summed E-state index contributed by atoms with van der Waals surface area (Å²) in [6.45, 7) is 4.62. The molecule has 0 radical (unpaired) electrons. The molecule has 0 saturated heterocycles. The molecule has 1 unspecified atom stereocenters. The smallest absolute Gasteiger partial charge is 0.548 e. The number of ketones is 1. The van der Waals surface area contributed by atoms with Gasteiger partial charge in [-0.05, 0) is 84.4 Å². The maximum atomic E-state index is 13.5. The van der Waals surface area contributed by atoms with Gasteiger partial charge in [0.05, 0.1) is 12.0 Å². The zero-order chi connectivity index (χ0) is 30.1. The summed E-state index contributed by atoms with van der Waals surface area (Å²) in [6, 6.07) is 30.0. The zero-order valence-electron chi connectivity index (χ0n) is 25.1. The number of nitrogens with one attached hydrogen (secondary N) is 1. The number of hydrogen-bond acceptors (Lipinski definition) is 6.